The standard InChI is InChI=1S/C20H26N4/c1-14-19(15(2)23(4)21-14)13-24(17-9-10-17)12-18-11-16-7-5-6-8-20(16)22(18)3/h5-8,11,17H,9-10,12-13H2,1-4H3. The Hall–Kier alpha value is -2.07. The molecule has 2 heterocycles. The van der Waals surface area contributed by atoms with Gasteiger partial charge in [-0.3, -0.25) is 9.58 Å². The van der Waals surface area contributed by atoms with Crippen LogP contribution < -0.4 is 0 Å². The van der Waals surface area contributed by atoms with E-state index in [-0.39, 0.29) is 0 Å². The van der Waals surface area contributed by atoms with Gasteiger partial charge in [-0.2, -0.15) is 5.10 Å². The first kappa shape index (κ1) is 15.5. The summed E-state index contributed by atoms with van der Waals surface area (Å²) in [6.07, 6.45) is 2.64. The van der Waals surface area contributed by atoms with Crippen LogP contribution in [0.2, 0.25) is 0 Å². The van der Waals surface area contributed by atoms with Gasteiger partial charge in [0.2, 0.25) is 0 Å². The van der Waals surface area contributed by atoms with E-state index in [1.807, 2.05) is 11.7 Å². The molecular weight excluding hydrogens is 296 g/mol. The van der Waals surface area contributed by atoms with Crippen molar-refractivity contribution >= 4 is 10.9 Å². The average Bonchev–Trinajstić information content (AvgIpc) is 3.32. The summed E-state index contributed by atoms with van der Waals surface area (Å²) in [6, 6.07) is 11.7. The van der Waals surface area contributed by atoms with E-state index in [0.717, 1.165) is 24.8 Å². The molecule has 4 heteroatoms. The van der Waals surface area contributed by atoms with Crippen molar-refractivity contribution in [2.75, 3.05) is 0 Å². The maximum Gasteiger partial charge on any atom is 0.0641 e. The lowest BCUT2D eigenvalue weighted by atomic mass is 10.1. The van der Waals surface area contributed by atoms with Crippen LogP contribution in [0.5, 0.6) is 0 Å². The molecular formula is C20H26N4. The van der Waals surface area contributed by atoms with Crippen LogP contribution in [0.15, 0.2) is 30.3 Å². The van der Waals surface area contributed by atoms with Gasteiger partial charge in [0.05, 0.1) is 5.69 Å². The van der Waals surface area contributed by atoms with E-state index in [9.17, 15) is 0 Å². The fraction of sp³-hybridized carbons (Fsp3) is 0.450. The Labute approximate surface area is 143 Å². The highest BCUT2D eigenvalue weighted by atomic mass is 15.3. The number of aromatic nitrogens is 3. The second-order valence-corrected chi connectivity index (χ2v) is 7.16. The maximum absolute atomic E-state index is 4.59. The zero-order valence-electron chi connectivity index (χ0n) is 15.1. The molecule has 4 rings (SSSR count). The van der Waals surface area contributed by atoms with Crippen LogP contribution in [0.4, 0.5) is 0 Å². The first-order valence-electron chi connectivity index (χ1n) is 8.81. The van der Waals surface area contributed by atoms with Crippen molar-refractivity contribution in [1.82, 2.24) is 19.2 Å². The summed E-state index contributed by atoms with van der Waals surface area (Å²) in [5.41, 5.74) is 6.55. The maximum atomic E-state index is 4.59. The summed E-state index contributed by atoms with van der Waals surface area (Å²) in [4.78, 5) is 2.63. The van der Waals surface area contributed by atoms with Crippen molar-refractivity contribution in [3.8, 4) is 0 Å². The molecule has 4 nitrogen and oxygen atoms in total. The van der Waals surface area contributed by atoms with Gasteiger partial charge in [-0.05, 0) is 44.2 Å². The Morgan fingerprint density at radius 3 is 2.50 bits per heavy atom. The number of hydrogen-bond donors (Lipinski definition) is 0. The van der Waals surface area contributed by atoms with Crippen LogP contribution >= 0.6 is 0 Å². The molecule has 3 aromatic rings. The van der Waals surface area contributed by atoms with Crippen molar-refractivity contribution in [2.24, 2.45) is 14.1 Å². The van der Waals surface area contributed by atoms with E-state index < -0.39 is 0 Å². The van der Waals surface area contributed by atoms with Gasteiger partial charge in [-0.1, -0.05) is 18.2 Å². The Kier molecular flexibility index (Phi) is 3.72. The Morgan fingerprint density at radius 2 is 1.88 bits per heavy atom. The first-order valence-corrected chi connectivity index (χ1v) is 8.81. The number of rotatable bonds is 5. The zero-order valence-corrected chi connectivity index (χ0v) is 15.1. The molecule has 2 aromatic heterocycles. The molecule has 126 valence electrons. The highest BCUT2D eigenvalue weighted by Gasteiger charge is 2.30. The lowest BCUT2D eigenvalue weighted by molar-refractivity contribution is 0.239. The second-order valence-electron chi connectivity index (χ2n) is 7.16. The average molecular weight is 322 g/mol. The van der Waals surface area contributed by atoms with Crippen LogP contribution in [0.1, 0.15) is 35.5 Å². The minimum absolute atomic E-state index is 0.724. The van der Waals surface area contributed by atoms with E-state index >= 15 is 0 Å². The summed E-state index contributed by atoms with van der Waals surface area (Å²) >= 11 is 0. The molecule has 1 saturated carbocycles. The number of aryl methyl sites for hydroxylation is 3. The normalized spacial score (nSPS) is 14.9. The molecule has 1 aromatic carbocycles. The van der Waals surface area contributed by atoms with Crippen molar-refractivity contribution in [2.45, 2.75) is 45.8 Å². The summed E-state index contributed by atoms with van der Waals surface area (Å²) in [5, 5.41) is 5.92. The van der Waals surface area contributed by atoms with Gasteiger partial charge in [0.25, 0.3) is 0 Å². The van der Waals surface area contributed by atoms with Gasteiger partial charge >= 0.3 is 0 Å². The van der Waals surface area contributed by atoms with Crippen LogP contribution in [0, 0.1) is 13.8 Å². The molecule has 0 spiro atoms. The number of para-hydroxylation sites is 1. The van der Waals surface area contributed by atoms with Crippen molar-refractivity contribution in [3.05, 3.63) is 53.0 Å². The molecule has 1 fully saturated rings. The van der Waals surface area contributed by atoms with Gasteiger partial charge in [-0.25, -0.2) is 0 Å². The first-order chi connectivity index (χ1) is 11.5. The molecule has 0 bridgehead atoms. The highest BCUT2D eigenvalue weighted by Crippen LogP contribution is 2.32. The lowest BCUT2D eigenvalue weighted by Gasteiger charge is -2.22. The molecule has 0 unspecified atom stereocenters. The zero-order chi connectivity index (χ0) is 16.8. The number of benzene rings is 1. The molecule has 24 heavy (non-hydrogen) atoms. The molecule has 1 aliphatic rings. The minimum Gasteiger partial charge on any atom is -0.346 e. The van der Waals surface area contributed by atoms with Crippen molar-refractivity contribution in [3.63, 3.8) is 0 Å². The Bertz CT molecular complexity index is 883. The lowest BCUT2D eigenvalue weighted by Crippen LogP contribution is -2.26. The summed E-state index contributed by atoms with van der Waals surface area (Å²) in [5.74, 6) is 0. The van der Waals surface area contributed by atoms with Gasteiger partial charge in [-0.15, -0.1) is 0 Å². The third-order valence-electron chi connectivity index (χ3n) is 5.50. The van der Waals surface area contributed by atoms with E-state index in [1.165, 1.54) is 40.7 Å². The topological polar surface area (TPSA) is 26.0 Å². The number of hydrogen-bond acceptors (Lipinski definition) is 2. The van der Waals surface area contributed by atoms with Crippen molar-refractivity contribution in [1.29, 1.82) is 0 Å². The van der Waals surface area contributed by atoms with Gasteiger partial charge < -0.3 is 4.57 Å². The predicted octanol–water partition coefficient (Wildman–Crippen LogP) is 3.69. The summed E-state index contributed by atoms with van der Waals surface area (Å²) in [6.45, 7) is 6.31. The fourth-order valence-electron chi connectivity index (χ4n) is 3.71. The van der Waals surface area contributed by atoms with E-state index in [2.05, 4.69) is 65.8 Å². The monoisotopic (exact) mass is 322 g/mol. The molecule has 0 amide bonds. The SMILES string of the molecule is Cc1nn(C)c(C)c1CN(Cc1cc2ccccc2n1C)C1CC1. The summed E-state index contributed by atoms with van der Waals surface area (Å²) in [7, 11) is 4.22. The molecule has 0 N–H and O–H groups in total. The van der Waals surface area contributed by atoms with Crippen LogP contribution in [0.3, 0.4) is 0 Å². The number of nitrogens with zero attached hydrogens (tertiary/aromatic N) is 4. The second kappa shape index (κ2) is 5.78. The largest absolute Gasteiger partial charge is 0.346 e. The molecule has 1 aliphatic carbocycles. The smallest absolute Gasteiger partial charge is 0.0641 e. The van der Waals surface area contributed by atoms with E-state index in [1.54, 1.807) is 0 Å². The van der Waals surface area contributed by atoms with Crippen molar-refractivity contribution < 1.29 is 0 Å². The van der Waals surface area contributed by atoms with Crippen LogP contribution in [0.25, 0.3) is 10.9 Å². The highest BCUT2D eigenvalue weighted by molar-refractivity contribution is 5.81. The quantitative estimate of drug-likeness (QED) is 0.716. The van der Waals surface area contributed by atoms with Gasteiger partial charge in [0.15, 0.2) is 0 Å². The van der Waals surface area contributed by atoms with Crippen LogP contribution in [-0.2, 0) is 27.2 Å². The van der Waals surface area contributed by atoms with E-state index in [4.69, 9.17) is 0 Å². The number of fused-ring (bicyclic) bond motifs is 1. The van der Waals surface area contributed by atoms with E-state index in [0.29, 0.717) is 0 Å². The molecule has 0 atom stereocenters. The Balaban J connectivity index is 1.63. The molecule has 0 radical (unpaired) electrons. The summed E-state index contributed by atoms with van der Waals surface area (Å²) < 4.78 is 4.35. The van der Waals surface area contributed by atoms with Gasteiger partial charge in [0.1, 0.15) is 0 Å². The Morgan fingerprint density at radius 1 is 1.12 bits per heavy atom. The minimum atomic E-state index is 0.724. The third kappa shape index (κ3) is 2.65. The van der Waals surface area contributed by atoms with Crippen LogP contribution in [-0.4, -0.2) is 25.3 Å². The van der Waals surface area contributed by atoms with Gasteiger partial charge in [0, 0.05) is 55.7 Å². The predicted molar refractivity (Wildman–Crippen MR) is 97.9 cm³/mol. The third-order valence-corrected chi connectivity index (χ3v) is 5.50. The fourth-order valence-corrected chi connectivity index (χ4v) is 3.71. The molecule has 0 aliphatic heterocycles. The molecule has 0 saturated heterocycles.